The van der Waals surface area contributed by atoms with Gasteiger partial charge in [-0.25, -0.2) is 9.82 Å². The zero-order valence-electron chi connectivity index (χ0n) is 23.8. The molecule has 43 heavy (non-hydrogen) atoms. The van der Waals surface area contributed by atoms with Gasteiger partial charge in [-0.2, -0.15) is 5.10 Å². The van der Waals surface area contributed by atoms with Crippen molar-refractivity contribution in [3.8, 4) is 22.9 Å². The summed E-state index contributed by atoms with van der Waals surface area (Å²) in [6.07, 6.45) is 1.44. The highest BCUT2D eigenvalue weighted by molar-refractivity contribution is 9.10. The van der Waals surface area contributed by atoms with E-state index in [1.54, 1.807) is 36.4 Å². The zero-order chi connectivity index (χ0) is 30.3. The number of hydrazone groups is 1. The van der Waals surface area contributed by atoms with E-state index in [1.165, 1.54) is 25.5 Å². The molecule has 0 aliphatic heterocycles. The van der Waals surface area contributed by atoms with Crippen LogP contribution in [0.2, 0.25) is 0 Å². The average molecular weight is 647 g/mol. The van der Waals surface area contributed by atoms with E-state index < -0.39 is 5.91 Å². The maximum Gasteiger partial charge on any atom is 0.307 e. The summed E-state index contributed by atoms with van der Waals surface area (Å²) in [5.41, 5.74) is 7.16. The summed E-state index contributed by atoms with van der Waals surface area (Å²) in [4.78, 5) is 12.7. The molecule has 5 rings (SSSR count). The van der Waals surface area contributed by atoms with Gasteiger partial charge < -0.3 is 23.2 Å². The van der Waals surface area contributed by atoms with Gasteiger partial charge in [0.15, 0.2) is 17.3 Å². The molecule has 2 heterocycles. The summed E-state index contributed by atoms with van der Waals surface area (Å²) in [7, 11) is 1.52. The minimum atomic E-state index is -0.528. The van der Waals surface area contributed by atoms with Gasteiger partial charge in [-0.1, -0.05) is 28.1 Å². The summed E-state index contributed by atoms with van der Waals surface area (Å²) in [5, 5.41) is 4.08. The molecule has 3 aromatic carbocycles. The number of carbonyl (C=O) groups excluding carboxylic acids is 1. The van der Waals surface area contributed by atoms with E-state index in [1.807, 2.05) is 24.3 Å². The zero-order valence-corrected chi connectivity index (χ0v) is 25.4. The Hall–Kier alpha value is -4.83. The minimum Gasteiger partial charge on any atom is -0.493 e. The Kier molecular flexibility index (Phi) is 9.26. The monoisotopic (exact) mass is 645 g/mol. The molecule has 0 bridgehead atoms. The molecule has 1 N–H and O–H groups in total. The second kappa shape index (κ2) is 13.4. The molecule has 0 aliphatic carbocycles. The van der Waals surface area contributed by atoms with Crippen LogP contribution in [-0.2, 0) is 13.2 Å². The van der Waals surface area contributed by atoms with E-state index in [0.29, 0.717) is 28.6 Å². The molecule has 0 radical (unpaired) electrons. The number of methoxy groups -OCH3 is 1. The lowest BCUT2D eigenvalue weighted by Crippen LogP contribution is -2.17. The Bertz CT molecular complexity index is 1720. The molecule has 0 fully saturated rings. The van der Waals surface area contributed by atoms with E-state index in [-0.39, 0.29) is 24.8 Å². The van der Waals surface area contributed by atoms with Gasteiger partial charge >= 0.3 is 5.91 Å². The van der Waals surface area contributed by atoms with Gasteiger partial charge in [0.1, 0.15) is 30.5 Å². The molecular weight excluding hydrogens is 617 g/mol. The van der Waals surface area contributed by atoms with Crippen molar-refractivity contribution < 1.29 is 27.8 Å². The first-order chi connectivity index (χ1) is 20.8. The number of aryl methyl sites for hydroxylation is 2. The SMILES string of the molecule is COc1cc(Br)cc(C=NNC(=O)c2ccc(COc3ccc(-n4c(C)ccc4C)cc3)o2)c1OCc1ccc(F)cc1. The van der Waals surface area contributed by atoms with Crippen molar-refractivity contribution in [1.29, 1.82) is 0 Å². The van der Waals surface area contributed by atoms with Crippen molar-refractivity contribution in [1.82, 2.24) is 9.99 Å². The summed E-state index contributed by atoms with van der Waals surface area (Å²) in [6.45, 7) is 4.47. The van der Waals surface area contributed by atoms with Crippen LogP contribution in [0.5, 0.6) is 17.2 Å². The molecule has 0 saturated heterocycles. The lowest BCUT2D eigenvalue weighted by molar-refractivity contribution is 0.0923. The van der Waals surface area contributed by atoms with E-state index in [2.05, 4.69) is 57.0 Å². The summed E-state index contributed by atoms with van der Waals surface area (Å²) >= 11 is 3.45. The molecular formula is C33H29BrFN3O5. The highest BCUT2D eigenvalue weighted by Gasteiger charge is 2.14. The number of hydrogen-bond acceptors (Lipinski definition) is 6. The largest absolute Gasteiger partial charge is 0.493 e. The lowest BCUT2D eigenvalue weighted by Gasteiger charge is -2.14. The lowest BCUT2D eigenvalue weighted by atomic mass is 10.2. The maximum absolute atomic E-state index is 13.3. The fourth-order valence-electron chi connectivity index (χ4n) is 4.44. The van der Waals surface area contributed by atoms with Gasteiger partial charge in [-0.05, 0) is 92.2 Å². The highest BCUT2D eigenvalue weighted by atomic mass is 79.9. The van der Waals surface area contributed by atoms with E-state index in [4.69, 9.17) is 18.6 Å². The van der Waals surface area contributed by atoms with Gasteiger partial charge in [0.05, 0.1) is 13.3 Å². The number of furan rings is 1. The normalized spacial score (nSPS) is 11.1. The second-order valence-electron chi connectivity index (χ2n) is 9.64. The Morgan fingerprint density at radius 1 is 0.953 bits per heavy atom. The molecule has 10 heteroatoms. The number of carbonyl (C=O) groups is 1. The number of rotatable bonds is 11. The quantitative estimate of drug-likeness (QED) is 0.119. The predicted molar refractivity (Wildman–Crippen MR) is 165 cm³/mol. The number of amides is 1. The maximum atomic E-state index is 13.3. The van der Waals surface area contributed by atoms with Crippen LogP contribution in [-0.4, -0.2) is 23.8 Å². The first kappa shape index (κ1) is 29.7. The number of halogens is 2. The number of aromatic nitrogens is 1. The molecule has 2 aromatic heterocycles. The van der Waals surface area contributed by atoms with Crippen LogP contribution in [0.3, 0.4) is 0 Å². The van der Waals surface area contributed by atoms with Crippen molar-refractivity contribution in [2.24, 2.45) is 5.10 Å². The Morgan fingerprint density at radius 3 is 2.37 bits per heavy atom. The molecule has 220 valence electrons. The van der Waals surface area contributed by atoms with Crippen molar-refractivity contribution >= 4 is 28.1 Å². The van der Waals surface area contributed by atoms with Crippen LogP contribution in [0, 0.1) is 19.7 Å². The Balaban J connectivity index is 1.19. The molecule has 8 nitrogen and oxygen atoms in total. The number of hydrogen-bond donors (Lipinski definition) is 1. The predicted octanol–water partition coefficient (Wildman–Crippen LogP) is 7.52. The van der Waals surface area contributed by atoms with Crippen LogP contribution < -0.4 is 19.6 Å². The van der Waals surface area contributed by atoms with Crippen LogP contribution in [0.1, 0.15) is 38.8 Å². The number of ether oxygens (including phenoxy) is 3. The topological polar surface area (TPSA) is 87.2 Å². The molecule has 0 spiro atoms. The van der Waals surface area contributed by atoms with Crippen molar-refractivity contribution in [3.05, 3.63) is 129 Å². The third-order valence-electron chi connectivity index (χ3n) is 6.57. The Labute approximate surface area is 256 Å². The number of nitrogens with one attached hydrogen (secondary N) is 1. The molecule has 5 aromatic rings. The third kappa shape index (κ3) is 7.34. The summed E-state index contributed by atoms with van der Waals surface area (Å²) in [6, 6.07) is 24.7. The average Bonchev–Trinajstić information content (AvgIpc) is 3.62. The fourth-order valence-corrected chi connectivity index (χ4v) is 4.90. The first-order valence-electron chi connectivity index (χ1n) is 13.4. The number of benzene rings is 3. The first-order valence-corrected chi connectivity index (χ1v) is 14.1. The number of nitrogens with zero attached hydrogens (tertiary/aromatic N) is 2. The molecule has 0 aliphatic rings. The molecule has 0 saturated carbocycles. The van der Waals surface area contributed by atoms with Crippen molar-refractivity contribution in [2.45, 2.75) is 27.1 Å². The van der Waals surface area contributed by atoms with Crippen LogP contribution in [0.15, 0.2) is 98.9 Å². The van der Waals surface area contributed by atoms with Gasteiger partial charge in [0.25, 0.3) is 0 Å². The van der Waals surface area contributed by atoms with Crippen molar-refractivity contribution in [3.63, 3.8) is 0 Å². The van der Waals surface area contributed by atoms with Gasteiger partial charge in [-0.15, -0.1) is 0 Å². The molecule has 0 atom stereocenters. The standard InChI is InChI=1S/C33H29BrFN3O5/c1-21-4-5-22(2)38(21)27-10-12-28(13-11-27)41-20-29-14-15-30(43-29)33(39)37-36-18-24-16-25(34)17-31(40-3)32(24)42-19-23-6-8-26(35)9-7-23/h4-18H,19-20H2,1-3H3,(H,37,39). The summed E-state index contributed by atoms with van der Waals surface area (Å²) in [5.74, 6) is 1.28. The molecule has 0 unspecified atom stereocenters. The van der Waals surface area contributed by atoms with Gasteiger partial charge in [0.2, 0.25) is 0 Å². The van der Waals surface area contributed by atoms with E-state index >= 15 is 0 Å². The minimum absolute atomic E-state index is 0.0873. The Morgan fingerprint density at radius 2 is 1.67 bits per heavy atom. The second-order valence-corrected chi connectivity index (χ2v) is 10.6. The van der Waals surface area contributed by atoms with Crippen LogP contribution in [0.25, 0.3) is 5.69 Å². The van der Waals surface area contributed by atoms with E-state index in [9.17, 15) is 9.18 Å². The highest BCUT2D eigenvalue weighted by Crippen LogP contribution is 2.34. The third-order valence-corrected chi connectivity index (χ3v) is 7.02. The fraction of sp³-hybridized carbons (Fsp3) is 0.152. The van der Waals surface area contributed by atoms with Gasteiger partial charge in [0, 0.05) is 27.1 Å². The molecule has 1 amide bonds. The van der Waals surface area contributed by atoms with Gasteiger partial charge in [-0.3, -0.25) is 4.79 Å². The van der Waals surface area contributed by atoms with Crippen LogP contribution >= 0.6 is 15.9 Å². The smallest absolute Gasteiger partial charge is 0.307 e. The summed E-state index contributed by atoms with van der Waals surface area (Å²) < 4.78 is 39.1. The van der Waals surface area contributed by atoms with Crippen LogP contribution in [0.4, 0.5) is 4.39 Å². The van der Waals surface area contributed by atoms with E-state index in [0.717, 1.165) is 27.1 Å². The van der Waals surface area contributed by atoms with Crippen molar-refractivity contribution in [2.75, 3.05) is 7.11 Å².